The van der Waals surface area contributed by atoms with Gasteiger partial charge in [-0.25, -0.2) is 4.79 Å². The van der Waals surface area contributed by atoms with Crippen molar-refractivity contribution in [2.75, 3.05) is 31.3 Å². The summed E-state index contributed by atoms with van der Waals surface area (Å²) in [6, 6.07) is 11.3. The molecule has 8 nitrogen and oxygen atoms in total. The van der Waals surface area contributed by atoms with Crippen molar-refractivity contribution in [1.82, 2.24) is 5.32 Å². The van der Waals surface area contributed by atoms with E-state index < -0.39 is 16.9 Å². The highest BCUT2D eigenvalue weighted by molar-refractivity contribution is 6.12. The molecule has 6 rings (SSSR count). The Balaban J connectivity index is 1.47. The van der Waals surface area contributed by atoms with Crippen LogP contribution in [0.1, 0.15) is 24.5 Å². The fraction of sp³-hybridized carbons (Fsp3) is 0.308. The number of anilines is 1. The fourth-order valence-electron chi connectivity index (χ4n) is 5.54. The van der Waals surface area contributed by atoms with E-state index in [1.807, 2.05) is 37.3 Å². The van der Waals surface area contributed by atoms with Crippen LogP contribution in [0.25, 0.3) is 0 Å². The molecule has 0 aliphatic carbocycles. The van der Waals surface area contributed by atoms with Gasteiger partial charge in [-0.05, 0) is 42.5 Å². The average molecular weight is 460 g/mol. The Morgan fingerprint density at radius 2 is 1.85 bits per heavy atom. The van der Waals surface area contributed by atoms with Gasteiger partial charge in [0.25, 0.3) is 0 Å². The summed E-state index contributed by atoms with van der Waals surface area (Å²) in [6.07, 6.45) is 5.49. The predicted octanol–water partition coefficient (Wildman–Crippen LogP) is 2.76. The number of allylic oxidation sites excluding steroid dienone is 2. The summed E-state index contributed by atoms with van der Waals surface area (Å²) in [5.74, 6) is 0.657. The lowest BCUT2D eigenvalue weighted by Gasteiger charge is -2.39. The second-order valence-electron chi connectivity index (χ2n) is 8.92. The molecule has 4 aliphatic heterocycles. The third-order valence-electron chi connectivity index (χ3n) is 7.31. The number of hydrogen-bond acceptors (Lipinski definition) is 6. The van der Waals surface area contributed by atoms with Crippen molar-refractivity contribution in [2.24, 2.45) is 0 Å². The molecule has 4 aliphatic rings. The standard InChI is InChI=1S/C26H24N2O6/c1-2-25(17(23(29)30)7-5-9-27-25)14-28-19-8-4-3-6-16(19)26(24(28)31)15-34-20-13-22-21(12-18(20)26)32-10-11-33-22/h3-9,12-13,27H,2,10-11,14-15H2,1H3,(H,29,30). The van der Waals surface area contributed by atoms with E-state index in [4.69, 9.17) is 14.2 Å². The largest absolute Gasteiger partial charge is 0.491 e. The van der Waals surface area contributed by atoms with Crippen LogP contribution in [0, 0.1) is 0 Å². The summed E-state index contributed by atoms with van der Waals surface area (Å²) in [6.45, 7) is 3.16. The number of dihydropyridines is 1. The number of carbonyl (C=O) groups excluding carboxylic acids is 1. The molecule has 34 heavy (non-hydrogen) atoms. The third-order valence-corrected chi connectivity index (χ3v) is 7.31. The van der Waals surface area contributed by atoms with E-state index in [0.717, 1.165) is 16.8 Å². The van der Waals surface area contributed by atoms with Crippen LogP contribution in [-0.2, 0) is 15.0 Å². The van der Waals surface area contributed by atoms with Crippen LogP contribution in [0.15, 0.2) is 60.3 Å². The molecule has 8 heteroatoms. The molecule has 0 fully saturated rings. The molecule has 0 radical (unpaired) electrons. The van der Waals surface area contributed by atoms with E-state index in [1.165, 1.54) is 0 Å². The number of aliphatic carboxylic acids is 1. The maximum absolute atomic E-state index is 14.3. The minimum atomic E-state index is -1.03. The first-order valence-corrected chi connectivity index (χ1v) is 11.4. The van der Waals surface area contributed by atoms with Crippen molar-refractivity contribution < 1.29 is 28.9 Å². The van der Waals surface area contributed by atoms with E-state index in [0.29, 0.717) is 36.9 Å². The van der Waals surface area contributed by atoms with Crippen molar-refractivity contribution in [3.8, 4) is 17.2 Å². The maximum Gasteiger partial charge on any atom is 0.334 e. The van der Waals surface area contributed by atoms with Crippen LogP contribution in [0.5, 0.6) is 17.2 Å². The van der Waals surface area contributed by atoms with E-state index in [1.54, 1.807) is 29.3 Å². The zero-order valence-electron chi connectivity index (χ0n) is 18.7. The lowest BCUT2D eigenvalue weighted by molar-refractivity contribution is -0.133. The Bertz CT molecular complexity index is 1280. The van der Waals surface area contributed by atoms with Gasteiger partial charge < -0.3 is 29.5 Å². The van der Waals surface area contributed by atoms with Crippen LogP contribution in [0.4, 0.5) is 5.69 Å². The molecule has 1 amide bonds. The zero-order chi connectivity index (χ0) is 23.5. The zero-order valence-corrected chi connectivity index (χ0v) is 18.7. The van der Waals surface area contributed by atoms with Gasteiger partial charge in [-0.15, -0.1) is 0 Å². The highest BCUT2D eigenvalue weighted by Gasteiger charge is 2.58. The second-order valence-corrected chi connectivity index (χ2v) is 8.92. The fourth-order valence-corrected chi connectivity index (χ4v) is 5.54. The molecule has 1 spiro atoms. The molecule has 0 saturated carbocycles. The van der Waals surface area contributed by atoms with Crippen molar-refractivity contribution in [3.63, 3.8) is 0 Å². The van der Waals surface area contributed by atoms with Gasteiger partial charge in [0, 0.05) is 17.3 Å². The molecule has 2 unspecified atom stereocenters. The molecule has 0 saturated heterocycles. The number of benzene rings is 2. The van der Waals surface area contributed by atoms with Gasteiger partial charge in [0.2, 0.25) is 5.91 Å². The minimum absolute atomic E-state index is 0.141. The molecule has 2 N–H and O–H groups in total. The quantitative estimate of drug-likeness (QED) is 0.724. The summed E-state index contributed by atoms with van der Waals surface area (Å²) in [4.78, 5) is 28.1. The Hall–Kier alpha value is -3.94. The summed E-state index contributed by atoms with van der Waals surface area (Å²) >= 11 is 0. The topological polar surface area (TPSA) is 97.3 Å². The van der Waals surface area contributed by atoms with E-state index in [2.05, 4.69) is 5.32 Å². The number of nitrogens with zero attached hydrogens (tertiary/aromatic N) is 1. The maximum atomic E-state index is 14.3. The second kappa shape index (κ2) is 7.28. The number of carboxylic acid groups (broad SMARTS) is 1. The van der Waals surface area contributed by atoms with Gasteiger partial charge in [0.15, 0.2) is 11.5 Å². The smallest absolute Gasteiger partial charge is 0.334 e. The van der Waals surface area contributed by atoms with E-state index in [9.17, 15) is 14.7 Å². The van der Waals surface area contributed by atoms with Crippen LogP contribution in [-0.4, -0.2) is 48.9 Å². The molecule has 4 heterocycles. The number of carbonyl (C=O) groups is 2. The Labute approximate surface area is 196 Å². The van der Waals surface area contributed by atoms with Gasteiger partial charge in [-0.2, -0.15) is 0 Å². The van der Waals surface area contributed by atoms with E-state index in [-0.39, 0.29) is 24.6 Å². The van der Waals surface area contributed by atoms with Crippen LogP contribution >= 0.6 is 0 Å². The molecular formula is C26H24N2O6. The Morgan fingerprint density at radius 1 is 1.09 bits per heavy atom. The molecule has 2 aromatic rings. The van der Waals surface area contributed by atoms with Gasteiger partial charge in [-0.3, -0.25) is 4.79 Å². The first kappa shape index (κ1) is 20.7. The SMILES string of the molecule is CCC1(CN2C(=O)C3(COc4cc5c(cc43)OCCO5)c3ccccc32)NC=CC=C1C(=O)O. The third kappa shape index (κ3) is 2.65. The van der Waals surface area contributed by atoms with Crippen molar-refractivity contribution in [1.29, 1.82) is 0 Å². The first-order valence-electron chi connectivity index (χ1n) is 11.4. The number of ether oxygens (including phenoxy) is 3. The minimum Gasteiger partial charge on any atom is -0.491 e. The lowest BCUT2D eigenvalue weighted by atomic mass is 9.77. The van der Waals surface area contributed by atoms with Gasteiger partial charge in [0.05, 0.1) is 17.7 Å². The van der Waals surface area contributed by atoms with Gasteiger partial charge in [0.1, 0.15) is 31.0 Å². The molecule has 0 aromatic heterocycles. The highest BCUT2D eigenvalue weighted by atomic mass is 16.6. The van der Waals surface area contributed by atoms with E-state index >= 15 is 0 Å². The predicted molar refractivity (Wildman–Crippen MR) is 124 cm³/mol. The average Bonchev–Trinajstić information content (AvgIpc) is 3.35. The summed E-state index contributed by atoms with van der Waals surface area (Å²) < 4.78 is 17.6. The summed E-state index contributed by atoms with van der Waals surface area (Å²) in [5.41, 5.74) is 0.610. The van der Waals surface area contributed by atoms with Crippen LogP contribution in [0.2, 0.25) is 0 Å². The van der Waals surface area contributed by atoms with Crippen molar-refractivity contribution in [3.05, 3.63) is 71.5 Å². The van der Waals surface area contributed by atoms with Gasteiger partial charge >= 0.3 is 5.97 Å². The number of carboxylic acids is 1. The number of amides is 1. The number of hydrogen-bond donors (Lipinski definition) is 2. The molecule has 0 bridgehead atoms. The lowest BCUT2D eigenvalue weighted by Crippen LogP contribution is -2.57. The molecular weight excluding hydrogens is 436 g/mol. The normalized spacial score (nSPS) is 26.0. The summed E-state index contributed by atoms with van der Waals surface area (Å²) in [7, 11) is 0. The molecule has 2 atom stereocenters. The summed E-state index contributed by atoms with van der Waals surface area (Å²) in [5, 5.41) is 13.1. The monoisotopic (exact) mass is 460 g/mol. The number of rotatable bonds is 4. The van der Waals surface area contributed by atoms with Gasteiger partial charge in [-0.1, -0.05) is 25.1 Å². The highest BCUT2D eigenvalue weighted by Crippen LogP contribution is 2.55. The van der Waals surface area contributed by atoms with Crippen molar-refractivity contribution >= 4 is 17.6 Å². The van der Waals surface area contributed by atoms with Crippen LogP contribution in [0.3, 0.4) is 0 Å². The number of nitrogens with one attached hydrogen (secondary N) is 1. The molecule has 174 valence electrons. The first-order chi connectivity index (χ1) is 16.5. The Morgan fingerprint density at radius 3 is 2.62 bits per heavy atom. The molecule has 2 aromatic carbocycles. The van der Waals surface area contributed by atoms with Crippen molar-refractivity contribution in [2.45, 2.75) is 24.3 Å². The number of para-hydroxylation sites is 1. The van der Waals surface area contributed by atoms with Crippen LogP contribution < -0.4 is 24.4 Å². The number of fused-ring (bicyclic) bond motifs is 5. The Kier molecular flexibility index (Phi) is 4.42.